The Morgan fingerprint density at radius 3 is 2.64 bits per heavy atom. The van der Waals surface area contributed by atoms with Gasteiger partial charge in [0.25, 0.3) is 0 Å². The van der Waals surface area contributed by atoms with Gasteiger partial charge < -0.3 is 0 Å². The van der Waals surface area contributed by atoms with E-state index in [9.17, 15) is 0 Å². The van der Waals surface area contributed by atoms with Crippen LogP contribution in [0.2, 0.25) is 0 Å². The van der Waals surface area contributed by atoms with E-state index in [1.807, 2.05) is 0 Å². The number of nitrogens with zero attached hydrogens (tertiary/aromatic N) is 1. The van der Waals surface area contributed by atoms with Gasteiger partial charge in [0.15, 0.2) is 0 Å². The second-order valence-corrected chi connectivity index (χ2v) is 6.25. The molecule has 14 heavy (non-hydrogen) atoms. The maximum absolute atomic E-state index is 2.77. The molecule has 1 heteroatoms. The molecule has 2 unspecified atom stereocenters. The van der Waals surface area contributed by atoms with E-state index >= 15 is 0 Å². The van der Waals surface area contributed by atoms with Crippen LogP contribution in [0, 0.1) is 11.8 Å². The van der Waals surface area contributed by atoms with Gasteiger partial charge in [0.05, 0.1) is 0 Å². The minimum absolute atomic E-state index is 0.467. The SMILES string of the molecule is CC(C)C1CC2CCCN2C(C)(C)C1. The van der Waals surface area contributed by atoms with Crippen LogP contribution in [-0.2, 0) is 0 Å². The Labute approximate surface area is 88.9 Å². The molecule has 2 rings (SSSR count). The Morgan fingerprint density at radius 1 is 1.29 bits per heavy atom. The predicted octanol–water partition coefficient (Wildman–Crippen LogP) is 3.30. The van der Waals surface area contributed by atoms with Crippen molar-refractivity contribution in [3.05, 3.63) is 0 Å². The average Bonchev–Trinajstić information content (AvgIpc) is 2.51. The molecule has 0 bridgehead atoms. The van der Waals surface area contributed by atoms with Gasteiger partial charge in [-0.15, -0.1) is 0 Å². The molecule has 2 saturated heterocycles. The van der Waals surface area contributed by atoms with Gasteiger partial charge in [-0.1, -0.05) is 13.8 Å². The summed E-state index contributed by atoms with van der Waals surface area (Å²) < 4.78 is 0. The molecule has 82 valence electrons. The first kappa shape index (κ1) is 10.5. The zero-order valence-corrected chi connectivity index (χ0v) is 10.2. The largest absolute Gasteiger partial charge is 0.295 e. The van der Waals surface area contributed by atoms with Crippen molar-refractivity contribution in [3.63, 3.8) is 0 Å². The lowest BCUT2D eigenvalue weighted by atomic mass is 9.75. The van der Waals surface area contributed by atoms with Crippen molar-refractivity contribution >= 4 is 0 Å². The van der Waals surface area contributed by atoms with E-state index in [2.05, 4.69) is 32.6 Å². The van der Waals surface area contributed by atoms with Crippen molar-refractivity contribution < 1.29 is 0 Å². The van der Waals surface area contributed by atoms with E-state index in [4.69, 9.17) is 0 Å². The molecule has 0 radical (unpaired) electrons. The van der Waals surface area contributed by atoms with Gasteiger partial charge >= 0.3 is 0 Å². The lowest BCUT2D eigenvalue weighted by Crippen LogP contribution is -2.53. The van der Waals surface area contributed by atoms with Gasteiger partial charge in [0.1, 0.15) is 0 Å². The van der Waals surface area contributed by atoms with Gasteiger partial charge in [0.2, 0.25) is 0 Å². The highest BCUT2D eigenvalue weighted by Crippen LogP contribution is 2.42. The van der Waals surface area contributed by atoms with Gasteiger partial charge in [0, 0.05) is 11.6 Å². The number of piperidine rings is 1. The smallest absolute Gasteiger partial charge is 0.0158 e. The molecule has 2 fully saturated rings. The van der Waals surface area contributed by atoms with E-state index in [-0.39, 0.29) is 0 Å². The number of fused-ring (bicyclic) bond motifs is 1. The molecule has 2 aliphatic heterocycles. The van der Waals surface area contributed by atoms with Crippen LogP contribution in [0.4, 0.5) is 0 Å². The van der Waals surface area contributed by atoms with Crippen molar-refractivity contribution in [3.8, 4) is 0 Å². The van der Waals surface area contributed by atoms with E-state index in [1.165, 1.54) is 32.2 Å². The lowest BCUT2D eigenvalue weighted by molar-refractivity contribution is 0.0121. The third-order valence-corrected chi connectivity index (χ3v) is 4.43. The fourth-order valence-corrected chi connectivity index (χ4v) is 3.58. The summed E-state index contributed by atoms with van der Waals surface area (Å²) in [5, 5.41) is 0. The van der Waals surface area contributed by atoms with Crippen molar-refractivity contribution in [1.29, 1.82) is 0 Å². The third-order valence-electron chi connectivity index (χ3n) is 4.43. The second kappa shape index (κ2) is 3.52. The highest BCUT2D eigenvalue weighted by atomic mass is 15.2. The summed E-state index contributed by atoms with van der Waals surface area (Å²) in [5.74, 6) is 1.83. The van der Waals surface area contributed by atoms with Gasteiger partial charge in [-0.05, 0) is 57.9 Å². The normalized spacial score (nSPS) is 37.5. The Hall–Kier alpha value is -0.0400. The molecule has 0 aromatic rings. The second-order valence-electron chi connectivity index (χ2n) is 6.25. The highest BCUT2D eigenvalue weighted by Gasteiger charge is 2.43. The summed E-state index contributed by atoms with van der Waals surface area (Å²) in [5.41, 5.74) is 0.467. The number of hydrogen-bond acceptors (Lipinski definition) is 1. The molecule has 2 atom stereocenters. The van der Waals surface area contributed by atoms with Crippen LogP contribution < -0.4 is 0 Å². The van der Waals surface area contributed by atoms with Crippen LogP contribution in [0.1, 0.15) is 53.4 Å². The summed E-state index contributed by atoms with van der Waals surface area (Å²) in [4.78, 5) is 2.77. The zero-order chi connectivity index (χ0) is 10.3. The molecular weight excluding hydrogens is 170 g/mol. The topological polar surface area (TPSA) is 3.24 Å². The fraction of sp³-hybridized carbons (Fsp3) is 1.00. The van der Waals surface area contributed by atoms with Gasteiger partial charge in [-0.2, -0.15) is 0 Å². The molecule has 0 spiro atoms. The molecule has 0 aromatic carbocycles. The number of hydrogen-bond donors (Lipinski definition) is 0. The Bertz CT molecular complexity index is 207. The molecule has 0 aromatic heterocycles. The summed E-state index contributed by atoms with van der Waals surface area (Å²) in [7, 11) is 0. The quantitative estimate of drug-likeness (QED) is 0.620. The molecule has 0 saturated carbocycles. The van der Waals surface area contributed by atoms with Crippen LogP contribution >= 0.6 is 0 Å². The average molecular weight is 195 g/mol. The van der Waals surface area contributed by atoms with Gasteiger partial charge in [-0.25, -0.2) is 0 Å². The minimum atomic E-state index is 0.467. The minimum Gasteiger partial charge on any atom is -0.295 e. The van der Waals surface area contributed by atoms with E-state index in [0.717, 1.165) is 17.9 Å². The van der Waals surface area contributed by atoms with Gasteiger partial charge in [-0.3, -0.25) is 4.90 Å². The van der Waals surface area contributed by atoms with Crippen LogP contribution in [0.3, 0.4) is 0 Å². The zero-order valence-electron chi connectivity index (χ0n) is 10.2. The summed E-state index contributed by atoms with van der Waals surface area (Å²) in [6, 6.07) is 0.908. The summed E-state index contributed by atoms with van der Waals surface area (Å²) in [6.07, 6.45) is 5.74. The van der Waals surface area contributed by atoms with Crippen LogP contribution in [-0.4, -0.2) is 23.0 Å². The maximum atomic E-state index is 2.77. The monoisotopic (exact) mass is 195 g/mol. The first-order valence-corrected chi connectivity index (χ1v) is 6.27. The van der Waals surface area contributed by atoms with Crippen molar-refractivity contribution in [1.82, 2.24) is 4.90 Å². The Balaban J connectivity index is 2.12. The third kappa shape index (κ3) is 1.71. The Kier molecular flexibility index (Phi) is 2.63. The molecular formula is C13H25N. The van der Waals surface area contributed by atoms with Crippen molar-refractivity contribution in [2.45, 2.75) is 65.0 Å². The maximum Gasteiger partial charge on any atom is 0.0158 e. The molecule has 2 aliphatic rings. The first-order chi connectivity index (χ1) is 6.50. The van der Waals surface area contributed by atoms with Crippen LogP contribution in [0.25, 0.3) is 0 Å². The Morgan fingerprint density at radius 2 is 2.00 bits per heavy atom. The summed E-state index contributed by atoms with van der Waals surface area (Å²) >= 11 is 0. The molecule has 0 N–H and O–H groups in total. The first-order valence-electron chi connectivity index (χ1n) is 6.27. The van der Waals surface area contributed by atoms with Crippen LogP contribution in [0.5, 0.6) is 0 Å². The fourth-order valence-electron chi connectivity index (χ4n) is 3.58. The van der Waals surface area contributed by atoms with Crippen LogP contribution in [0.15, 0.2) is 0 Å². The molecule has 1 nitrogen and oxygen atoms in total. The van der Waals surface area contributed by atoms with Crippen molar-refractivity contribution in [2.75, 3.05) is 6.54 Å². The summed E-state index contributed by atoms with van der Waals surface area (Å²) in [6.45, 7) is 11.0. The standard InChI is InChI=1S/C13H25N/c1-10(2)11-8-12-6-5-7-14(12)13(3,4)9-11/h10-12H,5-9H2,1-4H3. The van der Waals surface area contributed by atoms with E-state index in [0.29, 0.717) is 5.54 Å². The highest BCUT2D eigenvalue weighted by molar-refractivity contribution is 4.98. The molecule has 0 amide bonds. The molecule has 2 heterocycles. The molecule has 0 aliphatic carbocycles. The van der Waals surface area contributed by atoms with E-state index < -0.39 is 0 Å². The lowest BCUT2D eigenvalue weighted by Gasteiger charge is -2.48. The van der Waals surface area contributed by atoms with E-state index in [1.54, 1.807) is 0 Å². The number of rotatable bonds is 1. The predicted molar refractivity (Wildman–Crippen MR) is 61.4 cm³/mol. The van der Waals surface area contributed by atoms with Crippen molar-refractivity contribution in [2.24, 2.45) is 11.8 Å².